The standard InChI is InChI=1S/C24H17Cl2N3O6/c1-34-19-8-3-2-7-18(19)27-23(30)20-21(16-10-9-13(25)11-17(16)26)28(35-22(20)24(27)31)14-5-4-6-15(12-14)29(32)33/h2-12,20-22H,1H3/t20-,21+,22-/m0/s1. The largest absolute Gasteiger partial charge is 0.495 e. The SMILES string of the molecule is COc1ccccc1N1C(=O)[C@@H]2[C@H](ON(c3cccc([N+](=O)[O-])c3)[C@@H]2c2ccc(Cl)cc2Cl)C1=O. The number of carbonyl (C=O) groups excluding carboxylic acids is 2. The van der Waals surface area contributed by atoms with Crippen molar-refractivity contribution in [1.29, 1.82) is 0 Å². The molecule has 3 aromatic carbocycles. The Hall–Kier alpha value is -3.66. The predicted octanol–water partition coefficient (Wildman–Crippen LogP) is 4.96. The van der Waals surface area contributed by atoms with Gasteiger partial charge in [0.05, 0.1) is 29.4 Å². The zero-order valence-corrected chi connectivity index (χ0v) is 19.6. The number of ether oxygens (including phenoxy) is 1. The van der Waals surface area contributed by atoms with Gasteiger partial charge >= 0.3 is 0 Å². The number of imide groups is 1. The maximum Gasteiger partial charge on any atom is 0.271 e. The first kappa shape index (κ1) is 23.1. The molecule has 2 aliphatic rings. The molecule has 2 amide bonds. The number of nitro benzene ring substituents is 1. The minimum absolute atomic E-state index is 0.169. The highest BCUT2D eigenvalue weighted by Crippen LogP contribution is 2.50. The number of hydroxylamine groups is 1. The number of nitro groups is 1. The monoisotopic (exact) mass is 513 g/mol. The number of rotatable bonds is 5. The average molecular weight is 514 g/mol. The van der Waals surface area contributed by atoms with Crippen molar-refractivity contribution in [2.24, 2.45) is 5.92 Å². The van der Waals surface area contributed by atoms with Crippen LogP contribution in [0.1, 0.15) is 11.6 Å². The highest BCUT2D eigenvalue weighted by molar-refractivity contribution is 6.35. The molecule has 2 saturated heterocycles. The smallest absolute Gasteiger partial charge is 0.271 e. The van der Waals surface area contributed by atoms with Crippen LogP contribution in [0.5, 0.6) is 5.75 Å². The Kier molecular flexibility index (Phi) is 5.84. The summed E-state index contributed by atoms with van der Waals surface area (Å²) in [6.45, 7) is 0. The topological polar surface area (TPSA) is 102 Å². The highest BCUT2D eigenvalue weighted by Gasteiger charge is 2.61. The molecular weight excluding hydrogens is 497 g/mol. The Labute approximate surface area is 209 Å². The lowest BCUT2D eigenvalue weighted by atomic mass is 9.90. The fraction of sp³-hybridized carbons (Fsp3) is 0.167. The van der Waals surface area contributed by atoms with Gasteiger partial charge in [0.2, 0.25) is 5.91 Å². The molecular formula is C24H17Cl2N3O6. The number of amides is 2. The lowest BCUT2D eigenvalue weighted by Gasteiger charge is -2.29. The molecule has 178 valence electrons. The van der Waals surface area contributed by atoms with E-state index in [4.69, 9.17) is 32.8 Å². The summed E-state index contributed by atoms with van der Waals surface area (Å²) in [5.41, 5.74) is 0.912. The summed E-state index contributed by atoms with van der Waals surface area (Å²) in [5, 5.41) is 13.3. The van der Waals surface area contributed by atoms with Gasteiger partial charge in [-0.3, -0.25) is 24.5 Å². The Morgan fingerprint density at radius 3 is 2.49 bits per heavy atom. The molecule has 0 radical (unpaired) electrons. The Balaban J connectivity index is 1.63. The molecule has 35 heavy (non-hydrogen) atoms. The number of carbonyl (C=O) groups is 2. The molecule has 0 aliphatic carbocycles. The fourth-order valence-electron chi connectivity index (χ4n) is 4.49. The van der Waals surface area contributed by atoms with Gasteiger partial charge in [-0.1, -0.05) is 47.5 Å². The van der Waals surface area contributed by atoms with E-state index in [0.29, 0.717) is 27.7 Å². The van der Waals surface area contributed by atoms with Crippen LogP contribution < -0.4 is 14.7 Å². The second-order valence-corrected chi connectivity index (χ2v) is 8.79. The lowest BCUT2D eigenvalue weighted by Crippen LogP contribution is -2.37. The van der Waals surface area contributed by atoms with Crippen LogP contribution in [0.25, 0.3) is 0 Å². The van der Waals surface area contributed by atoms with Crippen molar-refractivity contribution in [2.45, 2.75) is 12.1 Å². The van der Waals surface area contributed by atoms with Crippen molar-refractivity contribution in [3.05, 3.63) is 92.5 Å². The number of fused-ring (bicyclic) bond motifs is 1. The van der Waals surface area contributed by atoms with E-state index < -0.39 is 34.8 Å². The van der Waals surface area contributed by atoms with Crippen LogP contribution in [0.4, 0.5) is 17.1 Å². The van der Waals surface area contributed by atoms with Gasteiger partial charge in [-0.05, 0) is 35.9 Å². The fourth-order valence-corrected chi connectivity index (χ4v) is 5.01. The average Bonchev–Trinajstić information content (AvgIpc) is 3.35. The van der Waals surface area contributed by atoms with Crippen molar-refractivity contribution >= 4 is 52.1 Å². The molecule has 2 fully saturated rings. The zero-order valence-electron chi connectivity index (χ0n) is 18.1. The van der Waals surface area contributed by atoms with E-state index in [1.807, 2.05) is 0 Å². The molecule has 3 aromatic rings. The Morgan fingerprint density at radius 1 is 1.00 bits per heavy atom. The van der Waals surface area contributed by atoms with E-state index in [2.05, 4.69) is 0 Å². The van der Waals surface area contributed by atoms with Crippen LogP contribution >= 0.6 is 23.2 Å². The predicted molar refractivity (Wildman–Crippen MR) is 129 cm³/mol. The van der Waals surface area contributed by atoms with Crippen LogP contribution in [0.15, 0.2) is 66.7 Å². The van der Waals surface area contributed by atoms with Crippen molar-refractivity contribution in [2.75, 3.05) is 17.1 Å². The first-order valence-electron chi connectivity index (χ1n) is 10.5. The van der Waals surface area contributed by atoms with E-state index in [0.717, 1.165) is 4.90 Å². The summed E-state index contributed by atoms with van der Waals surface area (Å²) < 4.78 is 5.35. The van der Waals surface area contributed by atoms with Gasteiger partial charge in [-0.2, -0.15) is 0 Å². The molecule has 9 nitrogen and oxygen atoms in total. The number of non-ortho nitro benzene ring substituents is 1. The molecule has 0 saturated carbocycles. The third-order valence-electron chi connectivity index (χ3n) is 6.02. The minimum Gasteiger partial charge on any atom is -0.495 e. The van der Waals surface area contributed by atoms with Crippen LogP contribution in [-0.2, 0) is 14.4 Å². The van der Waals surface area contributed by atoms with Gasteiger partial charge in [0.1, 0.15) is 11.7 Å². The lowest BCUT2D eigenvalue weighted by molar-refractivity contribution is -0.384. The van der Waals surface area contributed by atoms with E-state index >= 15 is 0 Å². The molecule has 2 heterocycles. The number of benzene rings is 3. The maximum atomic E-state index is 13.7. The quantitative estimate of drug-likeness (QED) is 0.269. The molecule has 3 atom stereocenters. The summed E-state index contributed by atoms with van der Waals surface area (Å²) in [5.74, 6) is -1.71. The first-order valence-corrected chi connectivity index (χ1v) is 11.2. The summed E-state index contributed by atoms with van der Waals surface area (Å²) in [7, 11) is 1.45. The van der Waals surface area contributed by atoms with Crippen LogP contribution in [-0.4, -0.2) is 30.0 Å². The third kappa shape index (κ3) is 3.78. The highest BCUT2D eigenvalue weighted by atomic mass is 35.5. The van der Waals surface area contributed by atoms with Crippen molar-refractivity contribution in [1.82, 2.24) is 0 Å². The number of para-hydroxylation sites is 2. The normalized spacial score (nSPS) is 21.4. The molecule has 0 spiro atoms. The molecule has 0 unspecified atom stereocenters. The van der Waals surface area contributed by atoms with Crippen molar-refractivity contribution in [3.8, 4) is 5.75 Å². The van der Waals surface area contributed by atoms with Gasteiger partial charge < -0.3 is 4.74 Å². The second kappa shape index (κ2) is 8.84. The van der Waals surface area contributed by atoms with Crippen LogP contribution in [0, 0.1) is 16.0 Å². The van der Waals surface area contributed by atoms with Crippen LogP contribution in [0.3, 0.4) is 0 Å². The number of hydrogen-bond donors (Lipinski definition) is 0. The van der Waals surface area contributed by atoms with Crippen molar-refractivity contribution in [3.63, 3.8) is 0 Å². The minimum atomic E-state index is -1.18. The second-order valence-electron chi connectivity index (χ2n) is 7.95. The van der Waals surface area contributed by atoms with Gasteiger partial charge in [-0.25, -0.2) is 9.96 Å². The molecule has 11 heteroatoms. The molecule has 2 aliphatic heterocycles. The molecule has 5 rings (SSSR count). The maximum absolute atomic E-state index is 13.7. The zero-order chi connectivity index (χ0) is 24.9. The summed E-state index contributed by atoms with van der Waals surface area (Å²) in [4.78, 5) is 45.1. The Morgan fingerprint density at radius 2 is 1.77 bits per heavy atom. The third-order valence-corrected chi connectivity index (χ3v) is 6.58. The van der Waals surface area contributed by atoms with Crippen molar-refractivity contribution < 1.29 is 24.1 Å². The summed E-state index contributed by atoms with van der Waals surface area (Å²) in [6, 6.07) is 16.3. The van der Waals surface area contributed by atoms with Gasteiger partial charge in [0, 0.05) is 22.2 Å². The molecule has 0 N–H and O–H groups in total. The van der Waals surface area contributed by atoms with E-state index in [9.17, 15) is 19.7 Å². The Bertz CT molecular complexity index is 1370. The van der Waals surface area contributed by atoms with Gasteiger partial charge in [0.15, 0.2) is 6.10 Å². The van der Waals surface area contributed by atoms with E-state index in [-0.39, 0.29) is 10.7 Å². The number of anilines is 2. The first-order chi connectivity index (χ1) is 16.8. The number of nitrogens with zero attached hydrogens (tertiary/aromatic N) is 3. The molecule has 0 aromatic heterocycles. The number of methoxy groups -OCH3 is 1. The van der Waals surface area contributed by atoms with E-state index in [1.165, 1.54) is 36.4 Å². The number of hydrogen-bond acceptors (Lipinski definition) is 7. The number of halogens is 2. The summed E-state index contributed by atoms with van der Waals surface area (Å²) in [6.07, 6.45) is -1.18. The van der Waals surface area contributed by atoms with Gasteiger partial charge in [0.25, 0.3) is 11.6 Å². The summed E-state index contributed by atoms with van der Waals surface area (Å²) >= 11 is 12.6. The van der Waals surface area contributed by atoms with Gasteiger partial charge in [-0.15, -0.1) is 0 Å². The van der Waals surface area contributed by atoms with E-state index in [1.54, 1.807) is 42.5 Å². The van der Waals surface area contributed by atoms with Crippen LogP contribution in [0.2, 0.25) is 10.0 Å². The molecule has 0 bridgehead atoms.